The number of nitrogens with one attached hydrogen (secondary N) is 1. The Kier molecular flexibility index (Phi) is 10.2. The Morgan fingerprint density at radius 2 is 1.52 bits per heavy atom. The van der Waals surface area contributed by atoms with Gasteiger partial charge in [-0.1, -0.05) is 84.4 Å². The molecule has 0 saturated carbocycles. The molecule has 252 valence electrons. The summed E-state index contributed by atoms with van der Waals surface area (Å²) in [5.41, 5.74) is 2.01. The summed E-state index contributed by atoms with van der Waals surface area (Å²) in [7, 11) is 3.53. The Morgan fingerprint density at radius 3 is 2.14 bits per heavy atom. The van der Waals surface area contributed by atoms with Crippen LogP contribution in [0.1, 0.15) is 47.6 Å². The summed E-state index contributed by atoms with van der Waals surface area (Å²) in [5.74, 6) is -0.343. The minimum absolute atomic E-state index is 0.195. The minimum atomic E-state index is -1.40. The number of anilines is 2. The molecule has 6 rings (SSSR count). The second kappa shape index (κ2) is 14.9. The van der Waals surface area contributed by atoms with Crippen LogP contribution in [-0.4, -0.2) is 51.0 Å². The number of rotatable bonds is 12. The van der Waals surface area contributed by atoms with Crippen LogP contribution >= 0.6 is 22.9 Å². The van der Waals surface area contributed by atoms with Crippen molar-refractivity contribution in [3.05, 3.63) is 157 Å². The number of carbonyl (C=O) groups excluding carboxylic acids is 3. The van der Waals surface area contributed by atoms with Crippen molar-refractivity contribution in [2.75, 3.05) is 24.3 Å². The predicted molar refractivity (Wildman–Crippen MR) is 196 cm³/mol. The van der Waals surface area contributed by atoms with Gasteiger partial charge in [0.1, 0.15) is 17.7 Å². The highest BCUT2D eigenvalue weighted by molar-refractivity contribution is 7.16. The molecule has 1 unspecified atom stereocenters. The van der Waals surface area contributed by atoms with Gasteiger partial charge in [-0.15, -0.1) is 11.3 Å². The molecule has 0 aliphatic carbocycles. The van der Waals surface area contributed by atoms with Crippen molar-refractivity contribution in [1.82, 2.24) is 14.3 Å². The van der Waals surface area contributed by atoms with Gasteiger partial charge in [0, 0.05) is 53.4 Å². The number of aromatic nitrogens is 3. The Balaban J connectivity index is 1.36. The SMILES string of the molecule is CN(C)c1c(-c2cc(NCc3ccc(Cl)s3)n(C(=O)c3ccc(C(O)C(=O)c4ccccc4)cc3)n2)ccc(=O)n1CC(=O)c1ccccc1. The van der Waals surface area contributed by atoms with Crippen molar-refractivity contribution < 1.29 is 19.5 Å². The average molecular weight is 706 g/mol. The summed E-state index contributed by atoms with van der Waals surface area (Å²) in [5, 5.41) is 18.7. The van der Waals surface area contributed by atoms with E-state index < -0.39 is 17.8 Å². The van der Waals surface area contributed by atoms with E-state index in [0.717, 1.165) is 4.88 Å². The molecule has 3 aromatic carbocycles. The van der Waals surface area contributed by atoms with E-state index in [1.165, 1.54) is 50.9 Å². The fraction of sp³-hybridized carbons (Fsp3) is 0.132. The third-order valence-electron chi connectivity index (χ3n) is 8.01. The molecule has 6 aromatic rings. The van der Waals surface area contributed by atoms with Crippen LogP contribution in [0.2, 0.25) is 4.34 Å². The third-order valence-corrected chi connectivity index (χ3v) is 9.24. The van der Waals surface area contributed by atoms with Crippen molar-refractivity contribution in [2.45, 2.75) is 19.2 Å². The Labute approximate surface area is 296 Å². The van der Waals surface area contributed by atoms with Gasteiger partial charge in [0.25, 0.3) is 11.5 Å². The normalized spacial score (nSPS) is 11.6. The summed E-state index contributed by atoms with van der Waals surface area (Å²) in [6, 6.07) is 31.8. The van der Waals surface area contributed by atoms with Crippen molar-refractivity contribution in [3.8, 4) is 11.3 Å². The number of hydrogen-bond donors (Lipinski definition) is 2. The van der Waals surface area contributed by atoms with Crippen LogP contribution in [0.25, 0.3) is 11.3 Å². The van der Waals surface area contributed by atoms with Gasteiger partial charge in [-0.25, -0.2) is 0 Å². The zero-order chi connectivity index (χ0) is 35.4. The largest absolute Gasteiger partial charge is 0.380 e. The quantitative estimate of drug-likeness (QED) is 0.137. The lowest BCUT2D eigenvalue weighted by Crippen LogP contribution is -2.29. The molecular formula is C38H32ClN5O5S. The van der Waals surface area contributed by atoms with Crippen molar-refractivity contribution in [2.24, 2.45) is 0 Å². The number of carbonyl (C=O) groups is 3. The number of halogens is 1. The van der Waals surface area contributed by atoms with Crippen LogP contribution in [0, 0.1) is 0 Å². The lowest BCUT2D eigenvalue weighted by Gasteiger charge is -2.22. The lowest BCUT2D eigenvalue weighted by atomic mass is 9.99. The standard InChI is InChI=1S/C38H32ClN5O5S/c1-42(2)37-29(18-20-34(46)43(37)23-31(45)24-9-5-3-6-10-24)30-21-33(40-22-28-17-19-32(39)50-28)44(41-30)38(49)27-15-13-26(14-16-27)36(48)35(47)25-11-7-4-8-12-25/h3-21,36,40,48H,22-23H2,1-2H3. The molecule has 0 saturated heterocycles. The van der Waals surface area contributed by atoms with Crippen LogP contribution in [0.15, 0.2) is 120 Å². The zero-order valence-electron chi connectivity index (χ0n) is 27.1. The van der Waals surface area contributed by atoms with E-state index in [-0.39, 0.29) is 23.5 Å². The number of nitrogens with zero attached hydrogens (tertiary/aromatic N) is 4. The highest BCUT2D eigenvalue weighted by atomic mass is 35.5. The van der Waals surface area contributed by atoms with Gasteiger partial charge in [-0.2, -0.15) is 9.78 Å². The van der Waals surface area contributed by atoms with Gasteiger partial charge in [0.05, 0.1) is 23.1 Å². The number of hydrogen-bond acceptors (Lipinski definition) is 9. The summed E-state index contributed by atoms with van der Waals surface area (Å²) >= 11 is 7.55. The fourth-order valence-corrected chi connectivity index (χ4v) is 6.55. The van der Waals surface area contributed by atoms with E-state index in [1.807, 2.05) is 12.1 Å². The molecule has 10 nitrogen and oxygen atoms in total. The number of thiophene rings is 1. The molecule has 0 fully saturated rings. The summed E-state index contributed by atoms with van der Waals surface area (Å²) < 4.78 is 3.25. The zero-order valence-corrected chi connectivity index (χ0v) is 28.7. The maximum Gasteiger partial charge on any atom is 0.280 e. The summed E-state index contributed by atoms with van der Waals surface area (Å²) in [4.78, 5) is 55.8. The maximum atomic E-state index is 14.0. The second-order valence-electron chi connectivity index (χ2n) is 11.6. The number of aliphatic hydroxyl groups is 1. The molecule has 0 spiro atoms. The second-order valence-corrected chi connectivity index (χ2v) is 13.4. The fourth-order valence-electron chi connectivity index (χ4n) is 5.52. The Hall–Kier alpha value is -5.62. The smallest absolute Gasteiger partial charge is 0.280 e. The average Bonchev–Trinajstić information content (AvgIpc) is 3.77. The van der Waals surface area contributed by atoms with Crippen LogP contribution in [0.4, 0.5) is 11.6 Å². The van der Waals surface area contributed by atoms with Crippen LogP contribution in [0.3, 0.4) is 0 Å². The predicted octanol–water partition coefficient (Wildman–Crippen LogP) is 6.59. The first kappa shape index (κ1) is 34.3. The van der Waals surface area contributed by atoms with E-state index in [2.05, 4.69) is 5.32 Å². The molecule has 12 heteroatoms. The maximum absolute atomic E-state index is 14.0. The Bertz CT molecular complexity index is 2230. The first-order valence-corrected chi connectivity index (χ1v) is 16.8. The summed E-state index contributed by atoms with van der Waals surface area (Å²) in [6.45, 7) is 0.160. The number of Topliss-reactive ketones (excluding diaryl/α,β-unsaturated/α-hetero) is 2. The van der Waals surface area contributed by atoms with E-state index in [0.29, 0.717) is 50.5 Å². The van der Waals surface area contributed by atoms with Crippen molar-refractivity contribution >= 4 is 52.0 Å². The number of aliphatic hydroxyl groups excluding tert-OH is 1. The first-order valence-electron chi connectivity index (χ1n) is 15.6. The topological polar surface area (TPSA) is 127 Å². The van der Waals surface area contributed by atoms with E-state index >= 15 is 0 Å². The van der Waals surface area contributed by atoms with Crippen molar-refractivity contribution in [3.63, 3.8) is 0 Å². The minimum Gasteiger partial charge on any atom is -0.380 e. The molecule has 0 radical (unpaired) electrons. The third kappa shape index (κ3) is 7.35. The molecule has 3 aromatic heterocycles. The van der Waals surface area contributed by atoms with Crippen molar-refractivity contribution in [1.29, 1.82) is 0 Å². The molecule has 50 heavy (non-hydrogen) atoms. The highest BCUT2D eigenvalue weighted by Crippen LogP contribution is 2.31. The number of pyridine rings is 1. The molecule has 0 bridgehead atoms. The molecule has 3 heterocycles. The van der Waals surface area contributed by atoms with Gasteiger partial charge < -0.3 is 15.3 Å². The van der Waals surface area contributed by atoms with Gasteiger partial charge in [-0.05, 0) is 35.9 Å². The van der Waals surface area contributed by atoms with Crippen LogP contribution < -0.4 is 15.8 Å². The highest BCUT2D eigenvalue weighted by Gasteiger charge is 2.24. The van der Waals surface area contributed by atoms with E-state index in [4.69, 9.17) is 16.7 Å². The van der Waals surface area contributed by atoms with Gasteiger partial charge >= 0.3 is 0 Å². The molecule has 1 atom stereocenters. The number of ketones is 2. The van der Waals surface area contributed by atoms with E-state index in [1.54, 1.807) is 91.8 Å². The first-order chi connectivity index (χ1) is 24.1. The number of benzene rings is 3. The molecule has 2 N–H and O–H groups in total. The Morgan fingerprint density at radius 1 is 0.860 bits per heavy atom. The van der Waals surface area contributed by atoms with Crippen LogP contribution in [-0.2, 0) is 13.1 Å². The van der Waals surface area contributed by atoms with Crippen LogP contribution in [0.5, 0.6) is 0 Å². The molecule has 0 aliphatic rings. The monoisotopic (exact) mass is 705 g/mol. The molecular weight excluding hydrogens is 674 g/mol. The van der Waals surface area contributed by atoms with Gasteiger partial charge in [0.2, 0.25) is 0 Å². The molecule has 0 amide bonds. The van der Waals surface area contributed by atoms with Gasteiger partial charge in [0.15, 0.2) is 11.6 Å². The summed E-state index contributed by atoms with van der Waals surface area (Å²) in [6.07, 6.45) is -1.40. The van der Waals surface area contributed by atoms with E-state index in [9.17, 15) is 24.3 Å². The lowest BCUT2D eigenvalue weighted by molar-refractivity contribution is 0.0747. The van der Waals surface area contributed by atoms with Gasteiger partial charge in [-0.3, -0.25) is 23.7 Å². The molecule has 0 aliphatic heterocycles.